The number of carbonyl (C=O) groups is 1. The van der Waals surface area contributed by atoms with Crippen LogP contribution in [0.5, 0.6) is 5.75 Å². The van der Waals surface area contributed by atoms with E-state index in [2.05, 4.69) is 32.7 Å². The molecule has 1 saturated heterocycles. The van der Waals surface area contributed by atoms with Crippen molar-refractivity contribution < 1.29 is 9.53 Å². The van der Waals surface area contributed by atoms with Crippen molar-refractivity contribution in [1.29, 1.82) is 0 Å². The second-order valence-corrected chi connectivity index (χ2v) is 7.76. The summed E-state index contributed by atoms with van der Waals surface area (Å²) in [7, 11) is 3.45. The van der Waals surface area contributed by atoms with Crippen LogP contribution in [0.15, 0.2) is 53.5 Å². The molecule has 0 aromatic heterocycles. The van der Waals surface area contributed by atoms with Crippen LogP contribution in [0, 0.1) is 0 Å². The van der Waals surface area contributed by atoms with E-state index in [1.165, 1.54) is 24.8 Å². The fourth-order valence-electron chi connectivity index (χ4n) is 3.95. The van der Waals surface area contributed by atoms with Gasteiger partial charge in [-0.15, -0.1) is 0 Å². The predicted molar refractivity (Wildman–Crippen MR) is 124 cm³/mol. The van der Waals surface area contributed by atoms with Gasteiger partial charge in [0.05, 0.1) is 13.2 Å². The number of hydrogen-bond donors (Lipinski definition) is 3. The summed E-state index contributed by atoms with van der Waals surface area (Å²) in [6, 6.07) is 15.9. The van der Waals surface area contributed by atoms with E-state index in [4.69, 9.17) is 10.5 Å². The highest BCUT2D eigenvalue weighted by Gasteiger charge is 2.22. The monoisotopic (exact) mass is 423 g/mol. The average Bonchev–Trinajstić information content (AvgIpc) is 2.82. The molecule has 31 heavy (non-hydrogen) atoms. The minimum Gasteiger partial charge on any atom is -0.497 e. The molecule has 1 heterocycles. The van der Waals surface area contributed by atoms with E-state index in [9.17, 15) is 4.79 Å². The Bertz CT molecular complexity index is 876. The number of guanidine groups is 1. The lowest BCUT2D eigenvalue weighted by Gasteiger charge is -2.35. The van der Waals surface area contributed by atoms with Gasteiger partial charge in [-0.05, 0) is 61.3 Å². The summed E-state index contributed by atoms with van der Waals surface area (Å²) in [4.78, 5) is 18.3. The van der Waals surface area contributed by atoms with Gasteiger partial charge in [-0.2, -0.15) is 0 Å². The van der Waals surface area contributed by atoms with E-state index in [0.29, 0.717) is 12.1 Å². The minimum absolute atomic E-state index is 0.253. The van der Waals surface area contributed by atoms with Crippen LogP contribution in [0.3, 0.4) is 0 Å². The molecule has 166 valence electrons. The standard InChI is InChI=1S/C24H33N5O2/c1-26-24(27-16-18-7-6-8-20(15-18)23(25)30)28-17-22(29-13-4-3-5-14-29)19-9-11-21(31-2)12-10-19/h6-12,15,22H,3-5,13-14,16-17H2,1-2H3,(H2,25,30)(H2,26,27,28). The Morgan fingerprint density at radius 1 is 1.13 bits per heavy atom. The zero-order chi connectivity index (χ0) is 22.1. The first kappa shape index (κ1) is 22.6. The molecule has 2 aromatic rings. The Morgan fingerprint density at radius 3 is 2.52 bits per heavy atom. The Balaban J connectivity index is 1.64. The first-order valence-electron chi connectivity index (χ1n) is 10.8. The molecule has 0 bridgehead atoms. The summed E-state index contributed by atoms with van der Waals surface area (Å²) in [6.45, 7) is 3.50. The molecule has 3 rings (SSSR count). The molecule has 1 fully saturated rings. The van der Waals surface area contributed by atoms with Gasteiger partial charge in [-0.1, -0.05) is 30.7 Å². The van der Waals surface area contributed by atoms with Gasteiger partial charge < -0.3 is 21.1 Å². The van der Waals surface area contributed by atoms with Crippen LogP contribution in [0.1, 0.15) is 46.8 Å². The van der Waals surface area contributed by atoms with E-state index < -0.39 is 5.91 Å². The van der Waals surface area contributed by atoms with E-state index in [-0.39, 0.29) is 6.04 Å². The third kappa shape index (κ3) is 6.46. The van der Waals surface area contributed by atoms with Crippen LogP contribution < -0.4 is 21.1 Å². The molecule has 0 saturated carbocycles. The number of carbonyl (C=O) groups excluding carboxylic acids is 1. The number of nitrogens with one attached hydrogen (secondary N) is 2. The fraction of sp³-hybridized carbons (Fsp3) is 0.417. The molecule has 7 nitrogen and oxygen atoms in total. The maximum atomic E-state index is 11.4. The summed E-state index contributed by atoms with van der Waals surface area (Å²) in [5, 5.41) is 6.80. The average molecular weight is 424 g/mol. The molecule has 4 N–H and O–H groups in total. The zero-order valence-corrected chi connectivity index (χ0v) is 18.4. The Labute approximate surface area is 184 Å². The van der Waals surface area contributed by atoms with Gasteiger partial charge in [-0.25, -0.2) is 0 Å². The van der Waals surface area contributed by atoms with E-state index in [1.807, 2.05) is 24.3 Å². The maximum Gasteiger partial charge on any atom is 0.248 e. The minimum atomic E-state index is -0.423. The molecule has 1 unspecified atom stereocenters. The van der Waals surface area contributed by atoms with Gasteiger partial charge in [0.15, 0.2) is 5.96 Å². The van der Waals surface area contributed by atoms with Gasteiger partial charge in [0, 0.05) is 25.7 Å². The molecular weight excluding hydrogens is 390 g/mol. The molecule has 1 amide bonds. The number of methoxy groups -OCH3 is 1. The van der Waals surface area contributed by atoms with E-state index >= 15 is 0 Å². The summed E-state index contributed by atoms with van der Waals surface area (Å²) in [5.74, 6) is 1.16. The number of hydrogen-bond acceptors (Lipinski definition) is 4. The fourth-order valence-corrected chi connectivity index (χ4v) is 3.95. The highest BCUT2D eigenvalue weighted by molar-refractivity contribution is 5.92. The van der Waals surface area contributed by atoms with Gasteiger partial charge in [0.1, 0.15) is 5.75 Å². The lowest BCUT2D eigenvalue weighted by molar-refractivity contribution is 0.1000. The maximum absolute atomic E-state index is 11.4. The van der Waals surface area contributed by atoms with Crippen molar-refractivity contribution in [1.82, 2.24) is 15.5 Å². The quantitative estimate of drug-likeness (QED) is 0.449. The third-order valence-electron chi connectivity index (χ3n) is 5.69. The van der Waals surface area contributed by atoms with Gasteiger partial charge >= 0.3 is 0 Å². The van der Waals surface area contributed by atoms with Crippen molar-refractivity contribution in [2.24, 2.45) is 10.7 Å². The summed E-state index contributed by atoms with van der Waals surface area (Å²) < 4.78 is 5.32. The Morgan fingerprint density at radius 2 is 1.87 bits per heavy atom. The number of nitrogens with two attached hydrogens (primary N) is 1. The summed E-state index contributed by atoms with van der Waals surface area (Å²) in [5.41, 5.74) is 8.13. The van der Waals surface area contributed by atoms with Crippen LogP contribution in [-0.4, -0.2) is 50.6 Å². The van der Waals surface area contributed by atoms with Crippen molar-refractivity contribution in [3.8, 4) is 5.75 Å². The van der Waals surface area contributed by atoms with Crippen molar-refractivity contribution in [2.75, 3.05) is 33.8 Å². The van der Waals surface area contributed by atoms with Crippen molar-refractivity contribution in [3.63, 3.8) is 0 Å². The number of piperidine rings is 1. The van der Waals surface area contributed by atoms with Gasteiger partial charge in [0.25, 0.3) is 0 Å². The molecule has 0 aliphatic carbocycles. The topological polar surface area (TPSA) is 92.0 Å². The summed E-state index contributed by atoms with van der Waals surface area (Å²) >= 11 is 0. The molecule has 2 aromatic carbocycles. The molecule has 1 aliphatic heterocycles. The van der Waals surface area contributed by atoms with Crippen molar-refractivity contribution in [3.05, 3.63) is 65.2 Å². The molecule has 0 spiro atoms. The summed E-state index contributed by atoms with van der Waals surface area (Å²) in [6.07, 6.45) is 3.76. The predicted octanol–water partition coefficient (Wildman–Crippen LogP) is 2.69. The van der Waals surface area contributed by atoms with E-state index in [0.717, 1.165) is 36.9 Å². The smallest absolute Gasteiger partial charge is 0.248 e. The third-order valence-corrected chi connectivity index (χ3v) is 5.69. The number of primary amides is 1. The number of likely N-dealkylation sites (tertiary alicyclic amines) is 1. The number of benzene rings is 2. The van der Waals surface area contributed by atoms with Crippen LogP contribution in [-0.2, 0) is 6.54 Å². The van der Waals surface area contributed by atoms with Crippen LogP contribution in [0.25, 0.3) is 0 Å². The second-order valence-electron chi connectivity index (χ2n) is 7.76. The SMILES string of the molecule is CN=C(NCc1cccc(C(N)=O)c1)NCC(c1ccc(OC)cc1)N1CCCCC1. The number of nitrogens with zero attached hydrogens (tertiary/aromatic N) is 2. The van der Waals surface area contributed by atoms with Crippen LogP contribution in [0.2, 0.25) is 0 Å². The zero-order valence-electron chi connectivity index (χ0n) is 18.4. The molecule has 1 atom stereocenters. The largest absolute Gasteiger partial charge is 0.497 e. The van der Waals surface area contributed by atoms with Crippen molar-refractivity contribution >= 4 is 11.9 Å². The lowest BCUT2D eigenvalue weighted by Crippen LogP contribution is -2.44. The number of rotatable bonds is 8. The molecule has 0 radical (unpaired) electrons. The second kappa shape index (κ2) is 11.4. The number of aliphatic imine (C=N–C) groups is 1. The molecule has 7 heteroatoms. The highest BCUT2D eigenvalue weighted by atomic mass is 16.5. The Hall–Kier alpha value is -3.06. The highest BCUT2D eigenvalue weighted by Crippen LogP contribution is 2.25. The van der Waals surface area contributed by atoms with Gasteiger partial charge in [0.2, 0.25) is 5.91 Å². The number of amides is 1. The van der Waals surface area contributed by atoms with Crippen LogP contribution >= 0.6 is 0 Å². The molecular formula is C24H33N5O2. The van der Waals surface area contributed by atoms with Crippen molar-refractivity contribution in [2.45, 2.75) is 31.8 Å². The first-order valence-corrected chi connectivity index (χ1v) is 10.8. The van der Waals surface area contributed by atoms with Gasteiger partial charge in [-0.3, -0.25) is 14.7 Å². The first-order chi connectivity index (χ1) is 15.1. The molecule has 1 aliphatic rings. The normalized spacial score (nSPS) is 15.9. The van der Waals surface area contributed by atoms with E-state index in [1.54, 1.807) is 26.3 Å². The lowest BCUT2D eigenvalue weighted by atomic mass is 10.0. The Kier molecular flexibility index (Phi) is 8.29. The number of ether oxygens (including phenoxy) is 1. The van der Waals surface area contributed by atoms with Crippen LogP contribution in [0.4, 0.5) is 0 Å².